The topological polar surface area (TPSA) is 90.5 Å². The Morgan fingerprint density at radius 2 is 1.96 bits per heavy atom. The molecule has 1 saturated heterocycles. The lowest BCUT2D eigenvalue weighted by Crippen LogP contribution is -2.49. The van der Waals surface area contributed by atoms with Crippen molar-refractivity contribution in [2.75, 3.05) is 19.6 Å². The van der Waals surface area contributed by atoms with Gasteiger partial charge in [0.25, 0.3) is 5.91 Å². The number of fused-ring (bicyclic) bond motifs is 1. The summed E-state index contributed by atoms with van der Waals surface area (Å²) in [6, 6.07) is 6.86. The number of carbonyl (C=O) groups excluding carboxylic acids is 3. The fourth-order valence-corrected chi connectivity index (χ4v) is 3.85. The molecule has 2 fully saturated rings. The van der Waals surface area contributed by atoms with Gasteiger partial charge in [0.05, 0.1) is 6.54 Å². The summed E-state index contributed by atoms with van der Waals surface area (Å²) >= 11 is 0. The predicted octanol–water partition coefficient (Wildman–Crippen LogP) is 0.752. The third-order valence-corrected chi connectivity index (χ3v) is 5.27. The van der Waals surface area contributed by atoms with E-state index in [2.05, 4.69) is 16.0 Å². The average Bonchev–Trinajstić information content (AvgIpc) is 3.45. The number of nitrogens with one attached hydrogen (secondary N) is 3. The van der Waals surface area contributed by atoms with Gasteiger partial charge in [0.15, 0.2) is 0 Å². The van der Waals surface area contributed by atoms with Crippen LogP contribution in [-0.2, 0) is 9.59 Å². The van der Waals surface area contributed by atoms with E-state index in [1.54, 1.807) is 11.0 Å². The Morgan fingerprint density at radius 1 is 1.19 bits per heavy atom. The van der Waals surface area contributed by atoms with Crippen molar-refractivity contribution in [3.05, 3.63) is 35.4 Å². The molecule has 2 atom stereocenters. The van der Waals surface area contributed by atoms with Gasteiger partial charge in [-0.25, -0.2) is 0 Å². The van der Waals surface area contributed by atoms with Gasteiger partial charge in [-0.1, -0.05) is 18.2 Å². The highest BCUT2D eigenvalue weighted by atomic mass is 35.5. The second-order valence-electron chi connectivity index (χ2n) is 7.26. The van der Waals surface area contributed by atoms with Crippen LogP contribution in [0.3, 0.4) is 0 Å². The minimum absolute atomic E-state index is 0. The van der Waals surface area contributed by atoms with Crippen molar-refractivity contribution in [3.8, 4) is 0 Å². The van der Waals surface area contributed by atoms with Crippen molar-refractivity contribution < 1.29 is 14.4 Å². The van der Waals surface area contributed by atoms with Gasteiger partial charge in [0, 0.05) is 24.2 Å². The molecular weight excluding hydrogens is 368 g/mol. The molecule has 7 nitrogen and oxygen atoms in total. The summed E-state index contributed by atoms with van der Waals surface area (Å²) in [4.78, 5) is 39.3. The van der Waals surface area contributed by atoms with Crippen molar-refractivity contribution in [2.45, 2.75) is 43.8 Å². The first kappa shape index (κ1) is 19.6. The van der Waals surface area contributed by atoms with E-state index in [4.69, 9.17) is 0 Å². The molecule has 1 saturated carbocycles. The number of benzene rings is 1. The van der Waals surface area contributed by atoms with E-state index in [0.29, 0.717) is 5.56 Å². The van der Waals surface area contributed by atoms with Crippen molar-refractivity contribution in [2.24, 2.45) is 0 Å². The standard InChI is InChI=1S/C19H24N4O3.ClH/c24-16(22-12-4-3-9-20-10-12)11-21-18(25)17-14-5-1-2-6-15(14)19(26)23(17)13-7-8-13;/h1-2,5-6,12-13,17,20H,3-4,7-11H2,(H,21,25)(H,22,24);1H/t12-,17?;/m0./s1. The lowest BCUT2D eigenvalue weighted by molar-refractivity contribution is -0.129. The SMILES string of the molecule is Cl.O=C(CNC(=O)C1c2ccccc2C(=O)N1C1CC1)N[C@H]1CCCNC1. The number of rotatable bonds is 5. The summed E-state index contributed by atoms with van der Waals surface area (Å²) < 4.78 is 0. The van der Waals surface area contributed by atoms with Crippen LogP contribution < -0.4 is 16.0 Å². The maximum atomic E-state index is 12.8. The smallest absolute Gasteiger partial charge is 0.255 e. The molecule has 0 aromatic heterocycles. The van der Waals surface area contributed by atoms with E-state index in [9.17, 15) is 14.4 Å². The van der Waals surface area contributed by atoms with E-state index in [1.807, 2.05) is 18.2 Å². The number of halogens is 1. The zero-order valence-corrected chi connectivity index (χ0v) is 15.9. The molecule has 8 heteroatoms. The van der Waals surface area contributed by atoms with Crippen LogP contribution in [0.25, 0.3) is 0 Å². The van der Waals surface area contributed by atoms with Gasteiger partial charge in [0.1, 0.15) is 6.04 Å². The van der Waals surface area contributed by atoms with Gasteiger partial charge in [0.2, 0.25) is 11.8 Å². The van der Waals surface area contributed by atoms with Gasteiger partial charge >= 0.3 is 0 Å². The van der Waals surface area contributed by atoms with Crippen LogP contribution in [0.2, 0.25) is 0 Å². The molecule has 1 aliphatic carbocycles. The Balaban J connectivity index is 0.00000210. The van der Waals surface area contributed by atoms with Gasteiger partial charge in [-0.15, -0.1) is 12.4 Å². The molecule has 1 unspecified atom stereocenters. The summed E-state index contributed by atoms with van der Waals surface area (Å²) in [6.45, 7) is 1.68. The molecule has 2 heterocycles. The van der Waals surface area contributed by atoms with Gasteiger partial charge < -0.3 is 20.9 Å². The third kappa shape index (κ3) is 4.09. The lowest BCUT2D eigenvalue weighted by Gasteiger charge is -2.25. The first-order valence-corrected chi connectivity index (χ1v) is 9.34. The summed E-state index contributed by atoms with van der Waals surface area (Å²) in [6.07, 6.45) is 3.85. The summed E-state index contributed by atoms with van der Waals surface area (Å²) in [7, 11) is 0. The maximum absolute atomic E-state index is 12.8. The van der Waals surface area contributed by atoms with Gasteiger partial charge in [-0.2, -0.15) is 0 Å². The Kier molecular flexibility index (Phi) is 6.01. The predicted molar refractivity (Wildman–Crippen MR) is 103 cm³/mol. The highest BCUT2D eigenvalue weighted by molar-refractivity contribution is 6.05. The zero-order valence-electron chi connectivity index (χ0n) is 15.1. The number of piperidine rings is 1. The summed E-state index contributed by atoms with van der Waals surface area (Å²) in [5, 5.41) is 8.91. The first-order valence-electron chi connectivity index (χ1n) is 9.34. The largest absolute Gasteiger partial charge is 0.351 e. The van der Waals surface area contributed by atoms with Crippen molar-refractivity contribution in [1.29, 1.82) is 0 Å². The van der Waals surface area contributed by atoms with E-state index in [0.717, 1.165) is 44.3 Å². The molecule has 27 heavy (non-hydrogen) atoms. The molecule has 0 bridgehead atoms. The molecule has 3 aliphatic rings. The van der Waals surface area contributed by atoms with E-state index < -0.39 is 6.04 Å². The van der Waals surface area contributed by atoms with Crippen LogP contribution in [0, 0.1) is 0 Å². The summed E-state index contributed by atoms with van der Waals surface area (Å²) in [5.74, 6) is -0.560. The zero-order chi connectivity index (χ0) is 18.1. The minimum atomic E-state index is -0.629. The number of hydrogen-bond donors (Lipinski definition) is 3. The van der Waals surface area contributed by atoms with E-state index in [-0.39, 0.29) is 48.8 Å². The van der Waals surface area contributed by atoms with Crippen LogP contribution in [0.15, 0.2) is 24.3 Å². The average molecular weight is 393 g/mol. The molecular formula is C19H25ClN4O3. The van der Waals surface area contributed by atoms with Crippen LogP contribution in [0.1, 0.15) is 47.6 Å². The van der Waals surface area contributed by atoms with Crippen LogP contribution >= 0.6 is 12.4 Å². The number of carbonyl (C=O) groups is 3. The molecule has 0 spiro atoms. The monoisotopic (exact) mass is 392 g/mol. The quantitative estimate of drug-likeness (QED) is 0.689. The lowest BCUT2D eigenvalue weighted by atomic mass is 10.0. The van der Waals surface area contributed by atoms with Crippen LogP contribution in [0.4, 0.5) is 0 Å². The second-order valence-corrected chi connectivity index (χ2v) is 7.26. The fourth-order valence-electron chi connectivity index (χ4n) is 3.85. The number of hydrogen-bond acceptors (Lipinski definition) is 4. The minimum Gasteiger partial charge on any atom is -0.351 e. The molecule has 2 aliphatic heterocycles. The maximum Gasteiger partial charge on any atom is 0.255 e. The Hall–Kier alpha value is -2.12. The molecule has 3 amide bonds. The van der Waals surface area contributed by atoms with Crippen LogP contribution in [0.5, 0.6) is 0 Å². The number of amides is 3. The molecule has 146 valence electrons. The molecule has 1 aromatic rings. The third-order valence-electron chi connectivity index (χ3n) is 5.27. The normalized spacial score (nSPS) is 24.0. The Bertz CT molecular complexity index is 731. The first-order chi connectivity index (χ1) is 12.6. The molecule has 3 N–H and O–H groups in total. The Labute approximate surface area is 164 Å². The van der Waals surface area contributed by atoms with E-state index in [1.165, 1.54) is 0 Å². The van der Waals surface area contributed by atoms with E-state index >= 15 is 0 Å². The molecule has 0 radical (unpaired) electrons. The van der Waals surface area contributed by atoms with Crippen LogP contribution in [-0.4, -0.2) is 54.3 Å². The van der Waals surface area contributed by atoms with Gasteiger partial charge in [-0.05, 0) is 43.9 Å². The Morgan fingerprint density at radius 3 is 2.67 bits per heavy atom. The highest BCUT2D eigenvalue weighted by Crippen LogP contribution is 2.41. The molecule has 1 aromatic carbocycles. The van der Waals surface area contributed by atoms with Crippen molar-refractivity contribution >= 4 is 30.1 Å². The van der Waals surface area contributed by atoms with Crippen molar-refractivity contribution in [1.82, 2.24) is 20.9 Å². The molecule has 4 rings (SSSR count). The number of nitrogens with zero attached hydrogens (tertiary/aromatic N) is 1. The van der Waals surface area contributed by atoms with Gasteiger partial charge in [-0.3, -0.25) is 14.4 Å². The summed E-state index contributed by atoms with van der Waals surface area (Å²) in [5.41, 5.74) is 1.33. The fraction of sp³-hybridized carbons (Fsp3) is 0.526. The second kappa shape index (κ2) is 8.27. The van der Waals surface area contributed by atoms with Crippen molar-refractivity contribution in [3.63, 3.8) is 0 Å². The highest BCUT2D eigenvalue weighted by Gasteiger charge is 2.47.